The van der Waals surface area contributed by atoms with Crippen LogP contribution >= 0.6 is 22.9 Å². The van der Waals surface area contributed by atoms with Gasteiger partial charge >= 0.3 is 0 Å². The molecule has 0 fully saturated rings. The number of rotatable bonds is 4. The number of anilines is 2. The minimum absolute atomic E-state index is 0.228. The highest BCUT2D eigenvalue weighted by atomic mass is 35.5. The molecule has 7 heteroatoms. The average Bonchev–Trinajstić information content (AvgIpc) is 2.77. The Morgan fingerprint density at radius 1 is 1.22 bits per heavy atom. The zero-order valence-corrected chi connectivity index (χ0v) is 11.8. The summed E-state index contributed by atoms with van der Waals surface area (Å²) < 4.78 is 0.702. The average molecular weight is 284 g/mol. The molecule has 0 spiro atoms. The molecular weight excluding hydrogens is 270 g/mol. The van der Waals surface area contributed by atoms with Gasteiger partial charge in [-0.1, -0.05) is 11.6 Å². The first-order chi connectivity index (χ1) is 8.63. The highest BCUT2D eigenvalue weighted by Gasteiger charge is 2.12. The lowest BCUT2D eigenvalue weighted by Gasteiger charge is -2.18. The van der Waals surface area contributed by atoms with Crippen molar-refractivity contribution in [1.29, 1.82) is 0 Å². The van der Waals surface area contributed by atoms with Crippen molar-refractivity contribution in [2.24, 2.45) is 0 Å². The van der Waals surface area contributed by atoms with E-state index in [0.717, 1.165) is 18.0 Å². The van der Waals surface area contributed by atoms with Crippen molar-refractivity contribution < 1.29 is 0 Å². The van der Waals surface area contributed by atoms with Gasteiger partial charge in [0.05, 0.1) is 9.21 Å². The lowest BCUT2D eigenvalue weighted by molar-refractivity contribution is 0.816. The molecule has 18 heavy (non-hydrogen) atoms. The van der Waals surface area contributed by atoms with Gasteiger partial charge in [-0.3, -0.25) is 0 Å². The number of halogens is 1. The number of nitrogens with two attached hydrogens (primary N) is 1. The monoisotopic (exact) mass is 283 g/mol. The van der Waals surface area contributed by atoms with Crippen molar-refractivity contribution in [2.45, 2.75) is 13.8 Å². The second-order valence-corrected chi connectivity index (χ2v) is 5.31. The first-order valence-corrected chi connectivity index (χ1v) is 6.85. The fourth-order valence-corrected chi connectivity index (χ4v) is 2.55. The van der Waals surface area contributed by atoms with Crippen LogP contribution in [0, 0.1) is 0 Å². The first-order valence-electron chi connectivity index (χ1n) is 5.66. The van der Waals surface area contributed by atoms with Crippen molar-refractivity contribution in [3.05, 3.63) is 16.5 Å². The topological polar surface area (TPSA) is 67.9 Å². The normalized spacial score (nSPS) is 10.6. The maximum Gasteiger partial charge on any atom is 0.230 e. The molecule has 0 atom stereocenters. The van der Waals surface area contributed by atoms with Crippen LogP contribution in [0.2, 0.25) is 4.34 Å². The molecule has 0 aromatic carbocycles. The number of hydrogen-bond acceptors (Lipinski definition) is 6. The molecule has 96 valence electrons. The van der Waals surface area contributed by atoms with Crippen molar-refractivity contribution in [3.8, 4) is 10.7 Å². The van der Waals surface area contributed by atoms with Crippen LogP contribution in [0.5, 0.6) is 0 Å². The molecule has 2 N–H and O–H groups in total. The Labute approximate surface area is 115 Å². The van der Waals surface area contributed by atoms with Crippen LogP contribution in [0.4, 0.5) is 11.9 Å². The quantitative estimate of drug-likeness (QED) is 0.934. The molecule has 2 aromatic heterocycles. The molecule has 0 aliphatic heterocycles. The standard InChI is InChI=1S/C11H14ClN5S/c1-3-17(4-2)11-15-9(14-10(13)16-11)7-5-6-8(12)18-7/h5-6H,3-4H2,1-2H3,(H2,13,14,15,16). The molecule has 5 nitrogen and oxygen atoms in total. The molecule has 0 bridgehead atoms. The number of aromatic nitrogens is 3. The van der Waals surface area contributed by atoms with Crippen LogP contribution in [0.25, 0.3) is 10.7 Å². The van der Waals surface area contributed by atoms with Gasteiger partial charge in [-0.05, 0) is 26.0 Å². The van der Waals surface area contributed by atoms with E-state index in [0.29, 0.717) is 16.1 Å². The molecule has 0 aliphatic carbocycles. The van der Waals surface area contributed by atoms with Gasteiger partial charge in [0, 0.05) is 13.1 Å². The van der Waals surface area contributed by atoms with Crippen molar-refractivity contribution in [1.82, 2.24) is 15.0 Å². The molecule has 0 radical (unpaired) electrons. The summed E-state index contributed by atoms with van der Waals surface area (Å²) in [4.78, 5) is 15.7. The molecule has 0 aliphatic rings. The zero-order chi connectivity index (χ0) is 13.1. The van der Waals surface area contributed by atoms with E-state index < -0.39 is 0 Å². The number of nitrogen functional groups attached to an aromatic ring is 1. The summed E-state index contributed by atoms with van der Waals surface area (Å²) in [5, 5.41) is 0. The van der Waals surface area contributed by atoms with Crippen molar-refractivity contribution >= 4 is 34.8 Å². The number of hydrogen-bond donors (Lipinski definition) is 1. The van der Waals surface area contributed by atoms with Gasteiger partial charge < -0.3 is 10.6 Å². The van der Waals surface area contributed by atoms with E-state index in [-0.39, 0.29) is 5.95 Å². The number of thiophene rings is 1. The Morgan fingerprint density at radius 3 is 2.50 bits per heavy atom. The van der Waals surface area contributed by atoms with Crippen molar-refractivity contribution in [3.63, 3.8) is 0 Å². The van der Waals surface area contributed by atoms with Gasteiger partial charge in [-0.2, -0.15) is 15.0 Å². The molecule has 0 saturated heterocycles. The highest BCUT2D eigenvalue weighted by molar-refractivity contribution is 7.19. The van der Waals surface area contributed by atoms with E-state index in [4.69, 9.17) is 17.3 Å². The van der Waals surface area contributed by atoms with E-state index in [2.05, 4.69) is 15.0 Å². The van der Waals surface area contributed by atoms with Gasteiger partial charge in [0.2, 0.25) is 11.9 Å². The predicted octanol–water partition coefficient (Wildman–Crippen LogP) is 2.68. The van der Waals surface area contributed by atoms with E-state index >= 15 is 0 Å². The van der Waals surface area contributed by atoms with E-state index in [9.17, 15) is 0 Å². The molecule has 2 aromatic rings. The lowest BCUT2D eigenvalue weighted by atomic mass is 10.4. The molecular formula is C11H14ClN5S. The third-order valence-electron chi connectivity index (χ3n) is 2.48. The third-order valence-corrected chi connectivity index (χ3v) is 3.71. The molecule has 0 amide bonds. The predicted molar refractivity (Wildman–Crippen MR) is 76.1 cm³/mol. The Morgan fingerprint density at radius 2 is 1.94 bits per heavy atom. The summed E-state index contributed by atoms with van der Waals surface area (Å²) in [6.45, 7) is 5.74. The Hall–Kier alpha value is -1.40. The van der Waals surface area contributed by atoms with Crippen LogP contribution in [0.1, 0.15) is 13.8 Å². The van der Waals surface area contributed by atoms with E-state index in [1.807, 2.05) is 30.9 Å². The number of nitrogens with zero attached hydrogens (tertiary/aromatic N) is 4. The smallest absolute Gasteiger partial charge is 0.230 e. The van der Waals surface area contributed by atoms with Crippen LogP contribution in [0.3, 0.4) is 0 Å². The summed E-state index contributed by atoms with van der Waals surface area (Å²) in [6, 6.07) is 3.70. The Balaban J connectivity index is 2.43. The van der Waals surface area contributed by atoms with Crippen LogP contribution in [-0.4, -0.2) is 28.0 Å². The fraction of sp³-hybridized carbons (Fsp3) is 0.364. The summed E-state index contributed by atoms with van der Waals surface area (Å²) in [5.74, 6) is 1.40. The first kappa shape index (κ1) is 13.0. The van der Waals surface area contributed by atoms with Gasteiger partial charge in [-0.15, -0.1) is 11.3 Å². The Bertz CT molecular complexity index is 538. The Kier molecular flexibility index (Phi) is 3.98. The summed E-state index contributed by atoms with van der Waals surface area (Å²) >= 11 is 7.34. The minimum atomic E-state index is 0.228. The van der Waals surface area contributed by atoms with Gasteiger partial charge in [0.25, 0.3) is 0 Å². The fourth-order valence-electron chi connectivity index (χ4n) is 1.57. The summed E-state index contributed by atoms with van der Waals surface area (Å²) in [6.07, 6.45) is 0. The summed E-state index contributed by atoms with van der Waals surface area (Å²) in [7, 11) is 0. The summed E-state index contributed by atoms with van der Waals surface area (Å²) in [5.41, 5.74) is 5.73. The van der Waals surface area contributed by atoms with Crippen LogP contribution < -0.4 is 10.6 Å². The maximum absolute atomic E-state index is 5.91. The third kappa shape index (κ3) is 2.70. The van der Waals surface area contributed by atoms with Crippen LogP contribution in [-0.2, 0) is 0 Å². The zero-order valence-electron chi connectivity index (χ0n) is 10.2. The van der Waals surface area contributed by atoms with Gasteiger partial charge in [-0.25, -0.2) is 0 Å². The molecule has 2 rings (SSSR count). The molecule has 0 unspecified atom stereocenters. The van der Waals surface area contributed by atoms with Gasteiger partial charge in [0.1, 0.15) is 0 Å². The lowest BCUT2D eigenvalue weighted by Crippen LogP contribution is -2.25. The second-order valence-electron chi connectivity index (χ2n) is 3.59. The minimum Gasteiger partial charge on any atom is -0.368 e. The van der Waals surface area contributed by atoms with Crippen molar-refractivity contribution in [2.75, 3.05) is 23.7 Å². The van der Waals surface area contributed by atoms with E-state index in [1.165, 1.54) is 11.3 Å². The second kappa shape index (κ2) is 5.49. The highest BCUT2D eigenvalue weighted by Crippen LogP contribution is 2.29. The van der Waals surface area contributed by atoms with Crippen LogP contribution in [0.15, 0.2) is 12.1 Å². The van der Waals surface area contributed by atoms with Gasteiger partial charge in [0.15, 0.2) is 5.82 Å². The maximum atomic E-state index is 5.91. The SMILES string of the molecule is CCN(CC)c1nc(N)nc(-c2ccc(Cl)s2)n1. The largest absolute Gasteiger partial charge is 0.368 e. The van der Waals surface area contributed by atoms with E-state index in [1.54, 1.807) is 0 Å². The molecule has 2 heterocycles. The molecule has 0 saturated carbocycles.